The summed E-state index contributed by atoms with van der Waals surface area (Å²) in [7, 11) is 0. The maximum absolute atomic E-state index is 10.3. The van der Waals surface area contributed by atoms with Gasteiger partial charge in [-0.15, -0.1) is 4.91 Å². The Balaban J connectivity index is 3.35. The molecule has 3 nitrogen and oxygen atoms in total. The van der Waals surface area contributed by atoms with Crippen LogP contribution in [-0.4, -0.2) is 6.29 Å². The second-order valence-electron chi connectivity index (χ2n) is 2.22. The van der Waals surface area contributed by atoms with Crippen molar-refractivity contribution in [2.75, 3.05) is 0 Å². The van der Waals surface area contributed by atoms with Gasteiger partial charge in [-0.25, -0.2) is 0 Å². The highest BCUT2D eigenvalue weighted by molar-refractivity contribution is 5.83. The Morgan fingerprint density at radius 1 is 1.45 bits per heavy atom. The standard InChI is InChI=1S/C8H7NO2/c1-6-3-2-4-7(5-10)8(6)9-11/h2-5H,1H3. The third kappa shape index (κ3) is 1.32. The van der Waals surface area contributed by atoms with E-state index >= 15 is 0 Å². The molecule has 0 amide bonds. The molecule has 0 saturated heterocycles. The summed E-state index contributed by atoms with van der Waals surface area (Å²) in [5.74, 6) is 0. The summed E-state index contributed by atoms with van der Waals surface area (Å²) in [6, 6.07) is 5.02. The fraction of sp³-hybridized carbons (Fsp3) is 0.125. The number of rotatable bonds is 2. The van der Waals surface area contributed by atoms with Gasteiger partial charge in [0.2, 0.25) is 0 Å². The summed E-state index contributed by atoms with van der Waals surface area (Å²) in [6.07, 6.45) is 0.629. The van der Waals surface area contributed by atoms with E-state index in [4.69, 9.17) is 0 Å². The molecule has 0 N–H and O–H groups in total. The van der Waals surface area contributed by atoms with Crippen molar-refractivity contribution < 1.29 is 4.79 Å². The Kier molecular flexibility index (Phi) is 2.11. The lowest BCUT2D eigenvalue weighted by Crippen LogP contribution is -1.82. The second kappa shape index (κ2) is 3.05. The maximum atomic E-state index is 10.3. The lowest BCUT2D eigenvalue weighted by molar-refractivity contribution is 0.112. The summed E-state index contributed by atoms with van der Waals surface area (Å²) >= 11 is 0. The van der Waals surface area contributed by atoms with Crippen molar-refractivity contribution in [3.8, 4) is 0 Å². The molecule has 1 rings (SSSR count). The SMILES string of the molecule is Cc1cccc(C=O)c1N=O. The molecule has 0 aliphatic heterocycles. The fourth-order valence-electron chi connectivity index (χ4n) is 0.901. The molecule has 0 saturated carbocycles. The third-order valence-corrected chi connectivity index (χ3v) is 1.49. The van der Waals surface area contributed by atoms with E-state index in [1.165, 1.54) is 0 Å². The lowest BCUT2D eigenvalue weighted by atomic mass is 10.1. The van der Waals surface area contributed by atoms with Gasteiger partial charge in [0, 0.05) is 5.56 Å². The van der Waals surface area contributed by atoms with Crippen molar-refractivity contribution in [3.63, 3.8) is 0 Å². The van der Waals surface area contributed by atoms with E-state index in [1.54, 1.807) is 25.1 Å². The molecular weight excluding hydrogens is 142 g/mol. The third-order valence-electron chi connectivity index (χ3n) is 1.49. The highest BCUT2D eigenvalue weighted by atomic mass is 16.3. The fourth-order valence-corrected chi connectivity index (χ4v) is 0.901. The molecule has 0 bridgehead atoms. The number of nitrogens with zero attached hydrogens (tertiary/aromatic N) is 1. The van der Waals surface area contributed by atoms with E-state index in [2.05, 4.69) is 5.18 Å². The number of hydrogen-bond acceptors (Lipinski definition) is 3. The van der Waals surface area contributed by atoms with E-state index < -0.39 is 0 Å². The Morgan fingerprint density at radius 3 is 2.64 bits per heavy atom. The van der Waals surface area contributed by atoms with Gasteiger partial charge in [0.15, 0.2) is 6.29 Å². The minimum absolute atomic E-state index is 0.238. The topological polar surface area (TPSA) is 46.5 Å². The number of benzene rings is 1. The molecular formula is C8H7NO2. The largest absolute Gasteiger partial charge is 0.298 e. The average Bonchev–Trinajstić information content (AvgIpc) is 2.04. The molecule has 1 aromatic carbocycles. The van der Waals surface area contributed by atoms with E-state index in [-0.39, 0.29) is 5.69 Å². The van der Waals surface area contributed by atoms with Gasteiger partial charge in [-0.3, -0.25) is 4.79 Å². The Labute approximate surface area is 64.0 Å². The van der Waals surface area contributed by atoms with Gasteiger partial charge in [0.25, 0.3) is 0 Å². The predicted octanol–water partition coefficient (Wildman–Crippen LogP) is 2.21. The zero-order chi connectivity index (χ0) is 8.27. The number of nitroso groups, excluding NO2 is 1. The van der Waals surface area contributed by atoms with Gasteiger partial charge in [-0.05, 0) is 23.7 Å². The van der Waals surface area contributed by atoms with Crippen LogP contribution >= 0.6 is 0 Å². The van der Waals surface area contributed by atoms with Crippen LogP contribution in [0.25, 0.3) is 0 Å². The summed E-state index contributed by atoms with van der Waals surface area (Å²) in [6.45, 7) is 1.74. The molecule has 56 valence electrons. The molecule has 0 aromatic heterocycles. The summed E-state index contributed by atoms with van der Waals surface area (Å²) in [5, 5.41) is 2.76. The van der Waals surface area contributed by atoms with Crippen LogP contribution in [0.4, 0.5) is 5.69 Å². The highest BCUT2D eigenvalue weighted by Crippen LogP contribution is 2.21. The Bertz CT molecular complexity index is 294. The zero-order valence-corrected chi connectivity index (χ0v) is 6.07. The average molecular weight is 149 g/mol. The van der Waals surface area contributed by atoms with Crippen LogP contribution in [-0.2, 0) is 0 Å². The maximum Gasteiger partial charge on any atom is 0.152 e. The van der Waals surface area contributed by atoms with Gasteiger partial charge >= 0.3 is 0 Å². The molecule has 3 heteroatoms. The molecule has 0 heterocycles. The van der Waals surface area contributed by atoms with Crippen LogP contribution in [0, 0.1) is 11.8 Å². The smallest absolute Gasteiger partial charge is 0.152 e. The van der Waals surface area contributed by atoms with Crippen LogP contribution in [0.3, 0.4) is 0 Å². The van der Waals surface area contributed by atoms with E-state index in [0.717, 1.165) is 5.56 Å². The van der Waals surface area contributed by atoms with Gasteiger partial charge in [-0.2, -0.15) is 0 Å². The van der Waals surface area contributed by atoms with Crippen molar-refractivity contribution in [2.45, 2.75) is 6.92 Å². The first-order chi connectivity index (χ1) is 5.29. The molecule has 0 spiro atoms. The number of aryl methyl sites for hydroxylation is 1. The van der Waals surface area contributed by atoms with Crippen LogP contribution in [0.15, 0.2) is 23.4 Å². The van der Waals surface area contributed by atoms with Crippen LogP contribution in [0.1, 0.15) is 15.9 Å². The normalized spacial score (nSPS) is 9.18. The van der Waals surface area contributed by atoms with Gasteiger partial charge < -0.3 is 0 Å². The van der Waals surface area contributed by atoms with Crippen molar-refractivity contribution in [2.24, 2.45) is 5.18 Å². The van der Waals surface area contributed by atoms with E-state index in [9.17, 15) is 9.70 Å². The van der Waals surface area contributed by atoms with Crippen LogP contribution < -0.4 is 0 Å². The number of carbonyl (C=O) groups excluding carboxylic acids is 1. The monoisotopic (exact) mass is 149 g/mol. The lowest BCUT2D eigenvalue weighted by Gasteiger charge is -1.97. The molecule has 0 atom stereocenters. The Hall–Kier alpha value is -1.51. The molecule has 0 radical (unpaired) electrons. The zero-order valence-electron chi connectivity index (χ0n) is 6.07. The number of hydrogen-bond donors (Lipinski definition) is 0. The quantitative estimate of drug-likeness (QED) is 0.478. The van der Waals surface area contributed by atoms with Crippen LogP contribution in [0.5, 0.6) is 0 Å². The van der Waals surface area contributed by atoms with Crippen molar-refractivity contribution in [3.05, 3.63) is 34.2 Å². The summed E-state index contributed by atoms with van der Waals surface area (Å²) in [5.41, 5.74) is 1.31. The highest BCUT2D eigenvalue weighted by Gasteiger charge is 2.02. The summed E-state index contributed by atoms with van der Waals surface area (Å²) < 4.78 is 0. The molecule has 0 aliphatic carbocycles. The molecule has 1 aromatic rings. The molecule has 0 aliphatic rings. The van der Waals surface area contributed by atoms with Crippen LogP contribution in [0.2, 0.25) is 0 Å². The summed E-state index contributed by atoms with van der Waals surface area (Å²) in [4.78, 5) is 20.5. The first kappa shape index (κ1) is 7.60. The minimum atomic E-state index is 0.238. The van der Waals surface area contributed by atoms with Crippen molar-refractivity contribution >= 4 is 12.0 Å². The first-order valence-corrected chi connectivity index (χ1v) is 3.17. The molecule has 0 unspecified atom stereocenters. The first-order valence-electron chi connectivity index (χ1n) is 3.17. The Morgan fingerprint density at radius 2 is 2.18 bits per heavy atom. The molecule has 0 fully saturated rings. The van der Waals surface area contributed by atoms with Gasteiger partial charge in [0.05, 0.1) is 0 Å². The van der Waals surface area contributed by atoms with Crippen molar-refractivity contribution in [1.82, 2.24) is 0 Å². The molecule has 11 heavy (non-hydrogen) atoms. The minimum Gasteiger partial charge on any atom is -0.298 e. The van der Waals surface area contributed by atoms with Crippen molar-refractivity contribution in [1.29, 1.82) is 0 Å². The van der Waals surface area contributed by atoms with Gasteiger partial charge in [-0.1, -0.05) is 12.1 Å². The van der Waals surface area contributed by atoms with E-state index in [1.807, 2.05) is 0 Å². The number of carbonyl (C=O) groups is 1. The predicted molar refractivity (Wildman–Crippen MR) is 42.0 cm³/mol. The second-order valence-corrected chi connectivity index (χ2v) is 2.22. The number of aldehydes is 1. The van der Waals surface area contributed by atoms with Gasteiger partial charge in [0.1, 0.15) is 5.69 Å². The van der Waals surface area contributed by atoms with E-state index in [0.29, 0.717) is 11.8 Å².